The molecule has 0 aromatic heterocycles. The van der Waals surface area contributed by atoms with E-state index in [1.54, 1.807) is 7.05 Å². The number of carbonyl (C=O) groups excluding carboxylic acids is 1. The Kier molecular flexibility index (Phi) is 5.21. The number of aliphatic carboxylic acids is 1. The van der Waals surface area contributed by atoms with E-state index < -0.39 is 11.9 Å². The van der Waals surface area contributed by atoms with Crippen LogP contribution in [-0.2, 0) is 14.3 Å². The highest BCUT2D eigenvalue weighted by atomic mass is 16.5. The van der Waals surface area contributed by atoms with Gasteiger partial charge in [-0.25, -0.2) is 0 Å². The van der Waals surface area contributed by atoms with Crippen LogP contribution in [-0.4, -0.2) is 49.8 Å². The van der Waals surface area contributed by atoms with Gasteiger partial charge in [0.05, 0.1) is 18.6 Å². The zero-order valence-electron chi connectivity index (χ0n) is 9.36. The summed E-state index contributed by atoms with van der Waals surface area (Å²) in [5, 5.41) is 14.4. The van der Waals surface area contributed by atoms with Crippen LogP contribution >= 0.6 is 0 Å². The molecule has 6 heteroatoms. The summed E-state index contributed by atoms with van der Waals surface area (Å²) in [5.74, 6) is -1.26. The third-order valence-corrected chi connectivity index (χ3v) is 2.62. The zero-order chi connectivity index (χ0) is 12.0. The van der Waals surface area contributed by atoms with E-state index >= 15 is 0 Å². The van der Waals surface area contributed by atoms with Gasteiger partial charge in [0.2, 0.25) is 5.91 Å². The van der Waals surface area contributed by atoms with E-state index in [-0.39, 0.29) is 12.0 Å². The molecular formula is C10H18N2O4. The lowest BCUT2D eigenvalue weighted by molar-refractivity contribution is -0.144. The van der Waals surface area contributed by atoms with Gasteiger partial charge in [0, 0.05) is 26.6 Å². The van der Waals surface area contributed by atoms with E-state index in [9.17, 15) is 9.59 Å². The van der Waals surface area contributed by atoms with Crippen molar-refractivity contribution in [3.8, 4) is 0 Å². The minimum Gasteiger partial charge on any atom is -0.481 e. The molecule has 1 saturated heterocycles. The Morgan fingerprint density at radius 3 is 2.88 bits per heavy atom. The Hall–Kier alpha value is -1.14. The summed E-state index contributed by atoms with van der Waals surface area (Å²) >= 11 is 0. The van der Waals surface area contributed by atoms with Gasteiger partial charge >= 0.3 is 5.97 Å². The first-order chi connectivity index (χ1) is 7.63. The number of rotatable bonds is 5. The van der Waals surface area contributed by atoms with Crippen LogP contribution in [0.3, 0.4) is 0 Å². The van der Waals surface area contributed by atoms with Crippen molar-refractivity contribution in [2.75, 3.05) is 26.7 Å². The van der Waals surface area contributed by atoms with Gasteiger partial charge in [0.25, 0.3) is 0 Å². The molecule has 1 amide bonds. The van der Waals surface area contributed by atoms with Crippen molar-refractivity contribution in [2.24, 2.45) is 5.92 Å². The average molecular weight is 230 g/mol. The van der Waals surface area contributed by atoms with Crippen LogP contribution in [0.2, 0.25) is 0 Å². The first kappa shape index (κ1) is 12.9. The van der Waals surface area contributed by atoms with Crippen LogP contribution < -0.4 is 10.6 Å². The van der Waals surface area contributed by atoms with Crippen molar-refractivity contribution in [3.63, 3.8) is 0 Å². The van der Waals surface area contributed by atoms with Crippen molar-refractivity contribution in [1.82, 2.24) is 10.6 Å². The van der Waals surface area contributed by atoms with Gasteiger partial charge in [0.1, 0.15) is 0 Å². The molecule has 3 N–H and O–H groups in total. The summed E-state index contributed by atoms with van der Waals surface area (Å²) in [6.07, 6.45) is 0.709. The van der Waals surface area contributed by atoms with Gasteiger partial charge in [-0.15, -0.1) is 0 Å². The predicted octanol–water partition coefficient (Wildman–Crippen LogP) is -0.798. The first-order valence-corrected chi connectivity index (χ1v) is 5.39. The molecule has 2 unspecified atom stereocenters. The van der Waals surface area contributed by atoms with E-state index in [2.05, 4.69) is 10.6 Å². The van der Waals surface area contributed by atoms with Gasteiger partial charge in [-0.3, -0.25) is 9.59 Å². The van der Waals surface area contributed by atoms with E-state index in [0.29, 0.717) is 32.5 Å². The molecule has 0 saturated carbocycles. The summed E-state index contributed by atoms with van der Waals surface area (Å²) in [6.45, 7) is 1.47. The maximum atomic E-state index is 10.9. The molecule has 0 radical (unpaired) electrons. The summed E-state index contributed by atoms with van der Waals surface area (Å²) in [7, 11) is 1.57. The highest BCUT2D eigenvalue weighted by Crippen LogP contribution is 2.13. The second-order valence-electron chi connectivity index (χ2n) is 3.85. The fourth-order valence-corrected chi connectivity index (χ4v) is 1.66. The zero-order valence-corrected chi connectivity index (χ0v) is 9.36. The number of carboxylic acids is 1. The number of carboxylic acid groups (broad SMARTS) is 1. The fraction of sp³-hybridized carbons (Fsp3) is 0.800. The minimum absolute atomic E-state index is 0.0708. The lowest BCUT2D eigenvalue weighted by Crippen LogP contribution is -2.43. The average Bonchev–Trinajstić information content (AvgIpc) is 2.29. The smallest absolute Gasteiger partial charge is 0.307 e. The van der Waals surface area contributed by atoms with Crippen LogP contribution in [0, 0.1) is 5.92 Å². The molecule has 6 nitrogen and oxygen atoms in total. The SMILES string of the molecule is CNC(=O)CCOC1CNCC(C(=O)O)C1. The van der Waals surface area contributed by atoms with E-state index in [1.807, 2.05) is 0 Å². The van der Waals surface area contributed by atoms with Gasteiger partial charge in [-0.2, -0.15) is 0 Å². The summed E-state index contributed by atoms with van der Waals surface area (Å²) in [4.78, 5) is 21.7. The molecule has 1 heterocycles. The Labute approximate surface area is 94.3 Å². The van der Waals surface area contributed by atoms with Crippen molar-refractivity contribution < 1.29 is 19.4 Å². The predicted molar refractivity (Wildman–Crippen MR) is 57.0 cm³/mol. The number of amides is 1. The molecule has 16 heavy (non-hydrogen) atoms. The van der Waals surface area contributed by atoms with Gasteiger partial charge in [0.15, 0.2) is 0 Å². The summed E-state index contributed by atoms with van der Waals surface area (Å²) in [5.41, 5.74) is 0. The topological polar surface area (TPSA) is 87.7 Å². The lowest BCUT2D eigenvalue weighted by Gasteiger charge is -2.27. The Morgan fingerprint density at radius 1 is 1.50 bits per heavy atom. The Bertz CT molecular complexity index is 257. The molecular weight excluding hydrogens is 212 g/mol. The number of ether oxygens (including phenoxy) is 1. The first-order valence-electron chi connectivity index (χ1n) is 5.39. The number of carbonyl (C=O) groups is 2. The normalized spacial score (nSPS) is 25.1. The van der Waals surface area contributed by atoms with Crippen LogP contribution in [0.4, 0.5) is 0 Å². The van der Waals surface area contributed by atoms with Gasteiger partial charge < -0.3 is 20.5 Å². The highest BCUT2D eigenvalue weighted by molar-refractivity contribution is 5.75. The maximum Gasteiger partial charge on any atom is 0.307 e. The Morgan fingerprint density at radius 2 is 2.25 bits per heavy atom. The third-order valence-electron chi connectivity index (χ3n) is 2.62. The molecule has 0 aliphatic carbocycles. The second kappa shape index (κ2) is 6.44. The second-order valence-corrected chi connectivity index (χ2v) is 3.85. The molecule has 0 bridgehead atoms. The van der Waals surface area contributed by atoms with Crippen LogP contribution in [0.5, 0.6) is 0 Å². The minimum atomic E-state index is -0.799. The van der Waals surface area contributed by atoms with Crippen molar-refractivity contribution in [2.45, 2.75) is 18.9 Å². The van der Waals surface area contributed by atoms with Crippen LogP contribution in [0.15, 0.2) is 0 Å². The van der Waals surface area contributed by atoms with Crippen molar-refractivity contribution in [1.29, 1.82) is 0 Å². The van der Waals surface area contributed by atoms with E-state index in [4.69, 9.17) is 9.84 Å². The molecule has 1 aliphatic rings. The largest absolute Gasteiger partial charge is 0.481 e. The molecule has 92 valence electrons. The molecule has 0 aromatic rings. The monoisotopic (exact) mass is 230 g/mol. The van der Waals surface area contributed by atoms with E-state index in [1.165, 1.54) is 0 Å². The highest BCUT2D eigenvalue weighted by Gasteiger charge is 2.27. The number of piperidine rings is 1. The van der Waals surface area contributed by atoms with Gasteiger partial charge in [-0.05, 0) is 6.42 Å². The van der Waals surface area contributed by atoms with Crippen LogP contribution in [0.1, 0.15) is 12.8 Å². The standard InChI is InChI=1S/C10H18N2O4/c1-11-9(13)2-3-16-8-4-7(10(14)15)5-12-6-8/h7-8,12H,2-6H2,1H3,(H,11,13)(H,14,15). The molecule has 0 aromatic carbocycles. The lowest BCUT2D eigenvalue weighted by atomic mass is 9.98. The molecule has 1 fully saturated rings. The summed E-state index contributed by atoms with van der Waals surface area (Å²) < 4.78 is 5.45. The van der Waals surface area contributed by atoms with Gasteiger partial charge in [-0.1, -0.05) is 0 Å². The number of nitrogens with one attached hydrogen (secondary N) is 2. The maximum absolute atomic E-state index is 10.9. The number of hydrogen-bond donors (Lipinski definition) is 3. The van der Waals surface area contributed by atoms with Crippen molar-refractivity contribution >= 4 is 11.9 Å². The fourth-order valence-electron chi connectivity index (χ4n) is 1.66. The summed E-state index contributed by atoms with van der Waals surface area (Å²) in [6, 6.07) is 0. The van der Waals surface area contributed by atoms with Crippen molar-refractivity contribution in [3.05, 3.63) is 0 Å². The molecule has 2 atom stereocenters. The molecule has 1 aliphatic heterocycles. The number of hydrogen-bond acceptors (Lipinski definition) is 4. The molecule has 1 rings (SSSR count). The third kappa shape index (κ3) is 4.16. The molecule has 0 spiro atoms. The quantitative estimate of drug-likeness (QED) is 0.575. The van der Waals surface area contributed by atoms with E-state index in [0.717, 1.165) is 0 Å². The Balaban J connectivity index is 2.21. The van der Waals surface area contributed by atoms with Crippen LogP contribution in [0.25, 0.3) is 0 Å².